The van der Waals surface area contributed by atoms with E-state index in [2.05, 4.69) is 27.3 Å². The largest absolute Gasteiger partial charge is 0.352 e. The van der Waals surface area contributed by atoms with Crippen molar-refractivity contribution in [3.63, 3.8) is 0 Å². The van der Waals surface area contributed by atoms with E-state index in [0.717, 1.165) is 16.5 Å². The first-order valence-corrected chi connectivity index (χ1v) is 7.41. The Kier molecular flexibility index (Phi) is 4.55. The monoisotopic (exact) mass is 323 g/mol. The van der Waals surface area contributed by atoms with Gasteiger partial charge in [0.05, 0.1) is 5.56 Å². The van der Waals surface area contributed by atoms with Crippen molar-refractivity contribution in [3.05, 3.63) is 56.2 Å². The van der Waals surface area contributed by atoms with E-state index >= 15 is 0 Å². The fourth-order valence-electron chi connectivity index (χ4n) is 1.65. The van der Waals surface area contributed by atoms with E-state index in [9.17, 15) is 4.79 Å². The van der Waals surface area contributed by atoms with Gasteiger partial charge >= 0.3 is 0 Å². The summed E-state index contributed by atoms with van der Waals surface area (Å²) in [6.45, 7) is 2.67. The van der Waals surface area contributed by atoms with Crippen molar-refractivity contribution < 1.29 is 4.79 Å². The fourth-order valence-corrected chi connectivity index (χ4v) is 3.04. The third kappa shape index (κ3) is 3.43. The highest BCUT2D eigenvalue weighted by Gasteiger charge is 2.09. The average molecular weight is 324 g/mol. The molecule has 0 radical (unpaired) electrons. The number of carbonyl (C=O) groups is 1. The molecule has 1 heterocycles. The van der Waals surface area contributed by atoms with E-state index in [4.69, 9.17) is 0 Å². The van der Waals surface area contributed by atoms with E-state index < -0.39 is 0 Å². The first-order chi connectivity index (χ1) is 8.66. The third-order valence-electron chi connectivity index (χ3n) is 2.61. The number of hydrogen-bond acceptors (Lipinski definition) is 2. The first kappa shape index (κ1) is 13.3. The minimum absolute atomic E-state index is 0.0292. The molecule has 2 rings (SSSR count). The molecule has 0 aliphatic carbocycles. The molecule has 0 bridgehead atoms. The zero-order valence-corrected chi connectivity index (χ0v) is 12.5. The molecule has 1 N–H and O–H groups in total. The smallest absolute Gasteiger partial charge is 0.252 e. The summed E-state index contributed by atoms with van der Waals surface area (Å²) in [7, 11) is 0. The lowest BCUT2D eigenvalue weighted by Gasteiger charge is -2.07. The van der Waals surface area contributed by atoms with Gasteiger partial charge in [-0.3, -0.25) is 4.79 Å². The van der Waals surface area contributed by atoms with Gasteiger partial charge in [0.25, 0.3) is 5.91 Å². The Bertz CT molecular complexity index is 537. The number of nitrogens with one attached hydrogen (secondary N) is 1. The van der Waals surface area contributed by atoms with Gasteiger partial charge in [0, 0.05) is 15.9 Å². The van der Waals surface area contributed by atoms with Gasteiger partial charge in [-0.25, -0.2) is 0 Å². The van der Waals surface area contributed by atoms with Crippen LogP contribution in [0.3, 0.4) is 0 Å². The average Bonchev–Trinajstić information content (AvgIpc) is 2.81. The summed E-state index contributed by atoms with van der Waals surface area (Å²) < 4.78 is 0.844. The molecule has 0 unspecified atom stereocenters. The molecule has 0 spiro atoms. The molecule has 0 saturated carbocycles. The molecule has 4 heteroatoms. The van der Waals surface area contributed by atoms with Crippen LogP contribution < -0.4 is 5.32 Å². The lowest BCUT2D eigenvalue weighted by molar-refractivity contribution is 0.0953. The van der Waals surface area contributed by atoms with Crippen molar-refractivity contribution in [1.29, 1.82) is 0 Å². The quantitative estimate of drug-likeness (QED) is 0.911. The standard InChI is InChI=1S/C14H14BrNOS/c1-10-4-5-12(13(15)9-10)14(17)16-7-6-11-3-2-8-18-11/h2-5,8-9H,6-7H2,1H3,(H,16,17). The topological polar surface area (TPSA) is 29.1 Å². The maximum Gasteiger partial charge on any atom is 0.252 e. The minimum Gasteiger partial charge on any atom is -0.352 e. The summed E-state index contributed by atoms with van der Waals surface area (Å²) in [5.74, 6) is -0.0292. The van der Waals surface area contributed by atoms with Crippen LogP contribution >= 0.6 is 27.3 Å². The third-order valence-corrected chi connectivity index (χ3v) is 4.20. The van der Waals surface area contributed by atoms with E-state index in [0.29, 0.717) is 12.1 Å². The predicted octanol–water partition coefficient (Wildman–Crippen LogP) is 3.79. The van der Waals surface area contributed by atoms with Crippen molar-refractivity contribution in [1.82, 2.24) is 5.32 Å². The van der Waals surface area contributed by atoms with Gasteiger partial charge in [-0.15, -0.1) is 11.3 Å². The summed E-state index contributed by atoms with van der Waals surface area (Å²) in [5, 5.41) is 4.98. The van der Waals surface area contributed by atoms with E-state index in [1.165, 1.54) is 4.88 Å². The van der Waals surface area contributed by atoms with Crippen LogP contribution in [0.1, 0.15) is 20.8 Å². The first-order valence-electron chi connectivity index (χ1n) is 5.73. The Morgan fingerprint density at radius 1 is 1.39 bits per heavy atom. The zero-order chi connectivity index (χ0) is 13.0. The van der Waals surface area contributed by atoms with Crippen molar-refractivity contribution in [2.45, 2.75) is 13.3 Å². The van der Waals surface area contributed by atoms with Gasteiger partial charge in [0.1, 0.15) is 0 Å². The molecular weight excluding hydrogens is 310 g/mol. The second-order valence-electron chi connectivity index (χ2n) is 4.07. The van der Waals surface area contributed by atoms with Gasteiger partial charge in [0.2, 0.25) is 0 Å². The SMILES string of the molecule is Cc1ccc(C(=O)NCCc2cccs2)c(Br)c1. The maximum absolute atomic E-state index is 12.0. The number of carbonyl (C=O) groups excluding carboxylic acids is 1. The molecule has 0 atom stereocenters. The van der Waals surface area contributed by atoms with Crippen molar-refractivity contribution in [3.8, 4) is 0 Å². The number of amides is 1. The minimum atomic E-state index is -0.0292. The molecule has 1 amide bonds. The number of halogens is 1. The Morgan fingerprint density at radius 3 is 2.89 bits per heavy atom. The second kappa shape index (κ2) is 6.16. The Balaban J connectivity index is 1.91. The second-order valence-corrected chi connectivity index (χ2v) is 5.96. The van der Waals surface area contributed by atoms with Gasteiger partial charge in [-0.2, -0.15) is 0 Å². The van der Waals surface area contributed by atoms with Crippen LogP contribution in [0, 0.1) is 6.92 Å². The molecule has 0 aliphatic heterocycles. The Hall–Kier alpha value is -1.13. The number of rotatable bonds is 4. The Labute approximate surface area is 119 Å². The molecule has 0 saturated heterocycles. The number of aryl methyl sites for hydroxylation is 1. The fraction of sp³-hybridized carbons (Fsp3) is 0.214. The van der Waals surface area contributed by atoms with Crippen LogP contribution in [0.15, 0.2) is 40.2 Å². The van der Waals surface area contributed by atoms with Crippen LogP contribution in [-0.4, -0.2) is 12.5 Å². The van der Waals surface area contributed by atoms with Gasteiger partial charge in [-0.05, 0) is 58.4 Å². The zero-order valence-electron chi connectivity index (χ0n) is 10.1. The summed E-state index contributed by atoms with van der Waals surface area (Å²) >= 11 is 5.13. The molecule has 94 valence electrons. The highest BCUT2D eigenvalue weighted by molar-refractivity contribution is 9.10. The molecule has 1 aromatic carbocycles. The number of benzene rings is 1. The van der Waals surface area contributed by atoms with Crippen molar-refractivity contribution >= 4 is 33.2 Å². The molecular formula is C14H14BrNOS. The molecule has 18 heavy (non-hydrogen) atoms. The molecule has 2 aromatic rings. The van der Waals surface area contributed by atoms with Crippen LogP contribution in [0.2, 0.25) is 0 Å². The lowest BCUT2D eigenvalue weighted by Crippen LogP contribution is -2.25. The number of thiophene rings is 1. The van der Waals surface area contributed by atoms with Gasteiger partial charge < -0.3 is 5.32 Å². The highest BCUT2D eigenvalue weighted by Crippen LogP contribution is 2.18. The molecule has 0 fully saturated rings. The summed E-state index contributed by atoms with van der Waals surface area (Å²) in [6.07, 6.45) is 0.882. The lowest BCUT2D eigenvalue weighted by atomic mass is 10.1. The van der Waals surface area contributed by atoms with Crippen LogP contribution in [-0.2, 0) is 6.42 Å². The Morgan fingerprint density at radius 2 is 2.22 bits per heavy atom. The van der Waals surface area contributed by atoms with E-state index in [1.54, 1.807) is 11.3 Å². The van der Waals surface area contributed by atoms with E-state index in [-0.39, 0.29) is 5.91 Å². The van der Waals surface area contributed by atoms with Crippen molar-refractivity contribution in [2.75, 3.05) is 6.54 Å². The molecule has 2 nitrogen and oxygen atoms in total. The summed E-state index contributed by atoms with van der Waals surface area (Å²) in [6, 6.07) is 9.85. The summed E-state index contributed by atoms with van der Waals surface area (Å²) in [5.41, 5.74) is 1.82. The van der Waals surface area contributed by atoms with Crippen LogP contribution in [0.4, 0.5) is 0 Å². The van der Waals surface area contributed by atoms with Crippen LogP contribution in [0.25, 0.3) is 0 Å². The number of hydrogen-bond donors (Lipinski definition) is 1. The summed E-state index contributed by atoms with van der Waals surface area (Å²) in [4.78, 5) is 13.3. The van der Waals surface area contributed by atoms with Gasteiger partial charge in [0.15, 0.2) is 0 Å². The highest BCUT2D eigenvalue weighted by atomic mass is 79.9. The normalized spacial score (nSPS) is 10.3. The predicted molar refractivity (Wildman–Crippen MR) is 79.2 cm³/mol. The maximum atomic E-state index is 12.0. The molecule has 1 aromatic heterocycles. The van der Waals surface area contributed by atoms with Gasteiger partial charge in [-0.1, -0.05) is 12.1 Å². The van der Waals surface area contributed by atoms with E-state index in [1.807, 2.05) is 36.6 Å². The van der Waals surface area contributed by atoms with Crippen molar-refractivity contribution in [2.24, 2.45) is 0 Å². The van der Waals surface area contributed by atoms with Crippen LogP contribution in [0.5, 0.6) is 0 Å². The molecule has 0 aliphatic rings.